The van der Waals surface area contributed by atoms with Crippen LogP contribution in [0.15, 0.2) is 12.2 Å². The van der Waals surface area contributed by atoms with Gasteiger partial charge in [0.05, 0.1) is 30.8 Å². The van der Waals surface area contributed by atoms with E-state index in [9.17, 15) is 24.6 Å². The van der Waals surface area contributed by atoms with E-state index in [4.69, 9.17) is 18.9 Å². The molecule has 234 valence electrons. The largest absolute Gasteiger partial charge is 0.462 e. The molecule has 0 amide bonds. The van der Waals surface area contributed by atoms with Crippen LogP contribution in [0.25, 0.3) is 0 Å². The van der Waals surface area contributed by atoms with Crippen molar-refractivity contribution in [2.75, 3.05) is 14.1 Å². The van der Waals surface area contributed by atoms with Gasteiger partial charge in [-0.15, -0.1) is 0 Å². The Kier molecular flexibility index (Phi) is 11.7. The van der Waals surface area contributed by atoms with Gasteiger partial charge in [-0.3, -0.25) is 9.59 Å². The number of aliphatic hydroxyl groups excluding tert-OH is 2. The fourth-order valence-electron chi connectivity index (χ4n) is 6.50. The van der Waals surface area contributed by atoms with E-state index < -0.39 is 60.0 Å². The first-order valence-corrected chi connectivity index (χ1v) is 15.1. The molecule has 3 rings (SSSR count). The minimum atomic E-state index is -1.15. The van der Waals surface area contributed by atoms with Gasteiger partial charge in [0.15, 0.2) is 12.1 Å². The van der Waals surface area contributed by atoms with Crippen molar-refractivity contribution < 1.29 is 43.5 Å². The van der Waals surface area contributed by atoms with Gasteiger partial charge in [0.1, 0.15) is 24.1 Å². The van der Waals surface area contributed by atoms with Crippen LogP contribution in [0, 0.1) is 23.7 Å². The summed E-state index contributed by atoms with van der Waals surface area (Å²) in [6.45, 7) is 11.3. The van der Waals surface area contributed by atoms with E-state index in [0.717, 1.165) is 6.29 Å². The molecule has 3 aliphatic heterocycles. The summed E-state index contributed by atoms with van der Waals surface area (Å²) in [4.78, 5) is 40.0. The molecule has 0 aliphatic carbocycles. The monoisotopic (exact) mass is 581 g/mol. The molecule has 10 nitrogen and oxygen atoms in total. The Morgan fingerprint density at radius 3 is 2.41 bits per heavy atom. The van der Waals surface area contributed by atoms with E-state index in [1.807, 2.05) is 53.6 Å². The highest BCUT2D eigenvalue weighted by molar-refractivity contribution is 5.91. The lowest BCUT2D eigenvalue weighted by Crippen LogP contribution is -2.56. The second kappa shape index (κ2) is 14.2. The first-order valence-electron chi connectivity index (χ1n) is 15.1. The number of rotatable bonds is 6. The van der Waals surface area contributed by atoms with Crippen LogP contribution < -0.4 is 0 Å². The molecule has 3 heterocycles. The normalized spacial score (nSPS) is 45.5. The summed E-state index contributed by atoms with van der Waals surface area (Å²) in [7, 11) is 3.76. The Bertz CT molecular complexity index is 941. The Balaban J connectivity index is 1.95. The lowest BCUT2D eigenvalue weighted by Gasteiger charge is -2.44. The number of nitrogens with zero attached hydrogens (tertiary/aromatic N) is 1. The maximum absolute atomic E-state index is 13.2. The topological polar surface area (TPSA) is 135 Å². The molecular formula is C31H51NO9. The van der Waals surface area contributed by atoms with Crippen molar-refractivity contribution in [1.29, 1.82) is 0 Å². The molecule has 0 bridgehead atoms. The zero-order valence-corrected chi connectivity index (χ0v) is 25.9. The SMILES string of the molecule is CC[C@H]1OC(=O)C[C@@H](O)[C@@H](C)[C@@H](O[C@H]2O[C@@H](C)C[C@@H](N(C)C)[C@H]2O)[C@@H](CC=O)C[C@@H](C)C(=O)/C=C/[C@]2(C)O[C@@H]2[C@H]1C. The van der Waals surface area contributed by atoms with Crippen molar-refractivity contribution in [3.05, 3.63) is 12.2 Å². The predicted molar refractivity (Wildman–Crippen MR) is 152 cm³/mol. The van der Waals surface area contributed by atoms with Crippen LogP contribution in [-0.2, 0) is 33.3 Å². The van der Waals surface area contributed by atoms with Gasteiger partial charge in [-0.05, 0) is 65.3 Å². The zero-order valence-electron chi connectivity index (χ0n) is 25.9. The molecule has 0 aromatic rings. The number of carbonyl (C=O) groups excluding carboxylic acids is 3. The number of allylic oxidation sites excluding steroid dienone is 1. The Morgan fingerprint density at radius 1 is 1.12 bits per heavy atom. The van der Waals surface area contributed by atoms with Crippen LogP contribution in [0.2, 0.25) is 0 Å². The quantitative estimate of drug-likeness (QED) is 0.274. The van der Waals surface area contributed by atoms with Crippen molar-refractivity contribution in [2.24, 2.45) is 23.7 Å². The fraction of sp³-hybridized carbons (Fsp3) is 0.839. The molecule has 2 fully saturated rings. The van der Waals surface area contributed by atoms with Gasteiger partial charge in [-0.1, -0.05) is 27.7 Å². The third-order valence-electron chi connectivity index (χ3n) is 9.29. The number of fused-ring (bicyclic) bond motifs is 1. The van der Waals surface area contributed by atoms with Crippen LogP contribution in [0.4, 0.5) is 0 Å². The summed E-state index contributed by atoms with van der Waals surface area (Å²) < 4.78 is 24.2. The molecule has 0 spiro atoms. The van der Waals surface area contributed by atoms with Gasteiger partial charge in [0.2, 0.25) is 0 Å². The number of esters is 1. The van der Waals surface area contributed by atoms with E-state index in [-0.39, 0.29) is 42.8 Å². The Morgan fingerprint density at radius 2 is 1.80 bits per heavy atom. The third-order valence-corrected chi connectivity index (χ3v) is 9.29. The summed E-state index contributed by atoms with van der Waals surface area (Å²) in [5.74, 6) is -2.32. The van der Waals surface area contributed by atoms with Crippen molar-refractivity contribution in [3.63, 3.8) is 0 Å². The maximum Gasteiger partial charge on any atom is 0.308 e. The molecule has 2 N–H and O–H groups in total. The molecule has 41 heavy (non-hydrogen) atoms. The van der Waals surface area contributed by atoms with Gasteiger partial charge >= 0.3 is 5.97 Å². The zero-order chi connectivity index (χ0) is 30.6. The highest BCUT2D eigenvalue weighted by Crippen LogP contribution is 2.45. The number of carbonyl (C=O) groups is 3. The smallest absolute Gasteiger partial charge is 0.308 e. The van der Waals surface area contributed by atoms with Crippen LogP contribution in [0.3, 0.4) is 0 Å². The summed E-state index contributed by atoms with van der Waals surface area (Å²) in [5, 5.41) is 22.4. The molecule has 10 heteroatoms. The average Bonchev–Trinajstić information content (AvgIpc) is 3.60. The minimum Gasteiger partial charge on any atom is -0.462 e. The lowest BCUT2D eigenvalue weighted by atomic mass is 9.79. The van der Waals surface area contributed by atoms with Gasteiger partial charge in [0, 0.05) is 30.2 Å². The summed E-state index contributed by atoms with van der Waals surface area (Å²) >= 11 is 0. The molecule has 0 aromatic carbocycles. The van der Waals surface area contributed by atoms with Gasteiger partial charge in [0.25, 0.3) is 0 Å². The van der Waals surface area contributed by atoms with Crippen LogP contribution in [0.1, 0.15) is 73.6 Å². The molecule has 3 aliphatic rings. The number of ether oxygens (including phenoxy) is 4. The summed E-state index contributed by atoms with van der Waals surface area (Å²) in [6, 6.07) is -0.219. The Hall–Kier alpha value is -1.69. The maximum atomic E-state index is 13.2. The van der Waals surface area contributed by atoms with Gasteiger partial charge in [-0.25, -0.2) is 0 Å². The number of epoxide rings is 1. The van der Waals surface area contributed by atoms with Gasteiger partial charge in [-0.2, -0.15) is 0 Å². The van der Waals surface area contributed by atoms with Crippen LogP contribution in [-0.4, -0.2) is 102 Å². The highest BCUT2D eigenvalue weighted by atomic mass is 16.7. The van der Waals surface area contributed by atoms with Crippen molar-refractivity contribution in [2.45, 2.75) is 128 Å². The molecular weight excluding hydrogens is 530 g/mol. The predicted octanol–water partition coefficient (Wildman–Crippen LogP) is 2.67. The fourth-order valence-corrected chi connectivity index (χ4v) is 6.50. The van der Waals surface area contributed by atoms with Crippen molar-refractivity contribution in [3.8, 4) is 0 Å². The Labute approximate surface area is 244 Å². The first-order chi connectivity index (χ1) is 19.2. The van der Waals surface area contributed by atoms with E-state index in [2.05, 4.69) is 0 Å². The van der Waals surface area contributed by atoms with E-state index in [1.54, 1.807) is 19.1 Å². The first kappa shape index (κ1) is 33.8. The van der Waals surface area contributed by atoms with E-state index >= 15 is 0 Å². The summed E-state index contributed by atoms with van der Waals surface area (Å²) in [5.41, 5.74) is -0.637. The number of hydrogen-bond donors (Lipinski definition) is 2. The molecule has 0 aromatic heterocycles. The molecule has 2 saturated heterocycles. The lowest BCUT2D eigenvalue weighted by molar-refractivity contribution is -0.283. The van der Waals surface area contributed by atoms with Crippen molar-refractivity contribution in [1.82, 2.24) is 4.90 Å². The van der Waals surface area contributed by atoms with E-state index in [1.165, 1.54) is 0 Å². The standard InChI is InChI=1S/C31H51NO9/c1-9-25-20(5)29-31(6,41-29)12-10-23(34)17(2)14-21(11-13-33)28(19(4)24(35)16-26(36)39-25)40-30-27(37)22(32(7)8)15-18(3)38-30/h10,12-13,17-22,24-25,27-30,35,37H,9,11,14-16H2,1-8H3/b12-10+/t17-,18+,19-,20+,21+,22-,24-,25-,27-,28-,29-,30-,31+/m1/s1. The highest BCUT2D eigenvalue weighted by Gasteiger charge is 2.55. The number of cyclic esters (lactones) is 1. The number of likely N-dealkylation sites (N-methyl/N-ethyl adjacent to an activating group) is 1. The number of aldehydes is 1. The molecule has 0 unspecified atom stereocenters. The second-order valence-corrected chi connectivity index (χ2v) is 12.9. The van der Waals surface area contributed by atoms with Crippen molar-refractivity contribution >= 4 is 18.0 Å². The van der Waals surface area contributed by atoms with Gasteiger partial charge < -0.3 is 38.9 Å². The van der Waals surface area contributed by atoms with Crippen LogP contribution >= 0.6 is 0 Å². The van der Waals surface area contributed by atoms with Crippen LogP contribution in [0.5, 0.6) is 0 Å². The number of hydrogen-bond acceptors (Lipinski definition) is 10. The third kappa shape index (κ3) is 8.24. The minimum absolute atomic E-state index is 0.0707. The second-order valence-electron chi connectivity index (χ2n) is 12.9. The molecule has 13 atom stereocenters. The average molecular weight is 582 g/mol. The number of ketones is 1. The number of aliphatic hydroxyl groups is 2. The molecule has 0 radical (unpaired) electrons. The summed E-state index contributed by atoms with van der Waals surface area (Å²) in [6.07, 6.45) is 0.627. The van der Waals surface area contributed by atoms with E-state index in [0.29, 0.717) is 19.3 Å². The molecule has 0 saturated carbocycles.